The summed E-state index contributed by atoms with van der Waals surface area (Å²) in [4.78, 5) is 6.35. The predicted octanol–water partition coefficient (Wildman–Crippen LogP) is 1.65. The second-order valence-corrected chi connectivity index (χ2v) is 3.77. The van der Waals surface area contributed by atoms with Gasteiger partial charge in [0.05, 0.1) is 0 Å². The highest BCUT2D eigenvalue weighted by Crippen LogP contribution is 2.21. The fourth-order valence-electron chi connectivity index (χ4n) is 1.69. The second-order valence-electron chi connectivity index (χ2n) is 3.77. The van der Waals surface area contributed by atoms with Gasteiger partial charge in [0.25, 0.3) is 0 Å². The van der Waals surface area contributed by atoms with E-state index in [1.54, 1.807) is 6.20 Å². The van der Waals surface area contributed by atoms with Crippen LogP contribution in [0.15, 0.2) is 36.7 Å². The van der Waals surface area contributed by atoms with E-state index in [2.05, 4.69) is 11.1 Å². The van der Waals surface area contributed by atoms with Gasteiger partial charge in [0, 0.05) is 38.7 Å². The lowest BCUT2D eigenvalue weighted by Gasteiger charge is -2.18. The Morgan fingerprint density at radius 1 is 1.44 bits per heavy atom. The molecule has 0 saturated carbocycles. The van der Waals surface area contributed by atoms with Gasteiger partial charge >= 0.3 is 0 Å². The zero-order chi connectivity index (χ0) is 11.5. The monoisotopic (exact) mass is 216 g/mol. The van der Waals surface area contributed by atoms with Crippen LogP contribution in [-0.4, -0.2) is 16.6 Å². The maximum atomic E-state index is 5.63. The molecule has 16 heavy (non-hydrogen) atoms. The molecule has 0 bridgehead atoms. The highest BCUT2D eigenvalue weighted by atomic mass is 15.3. The summed E-state index contributed by atoms with van der Waals surface area (Å²) in [6, 6.07) is 8.16. The third-order valence-corrected chi connectivity index (χ3v) is 2.63. The summed E-state index contributed by atoms with van der Waals surface area (Å²) < 4.78 is 1.98. The van der Waals surface area contributed by atoms with E-state index in [4.69, 9.17) is 5.73 Å². The summed E-state index contributed by atoms with van der Waals surface area (Å²) >= 11 is 0. The number of hydrogen-bond donors (Lipinski definition) is 1. The number of nitrogens with zero attached hydrogens (tertiary/aromatic N) is 3. The molecule has 0 saturated heterocycles. The van der Waals surface area contributed by atoms with E-state index in [0.29, 0.717) is 6.54 Å². The van der Waals surface area contributed by atoms with Gasteiger partial charge in [-0.05, 0) is 17.7 Å². The van der Waals surface area contributed by atoms with Gasteiger partial charge in [0.1, 0.15) is 0 Å². The summed E-state index contributed by atoms with van der Waals surface area (Å²) in [6.45, 7) is 0.558. The zero-order valence-corrected chi connectivity index (χ0v) is 9.59. The van der Waals surface area contributed by atoms with E-state index in [-0.39, 0.29) is 0 Å². The quantitative estimate of drug-likeness (QED) is 0.848. The molecule has 0 fully saturated rings. The number of aryl methyl sites for hydroxylation is 1. The Labute approximate surface area is 95.3 Å². The minimum Gasteiger partial charge on any atom is -0.326 e. The molecule has 84 valence electrons. The molecule has 0 aliphatic carbocycles. The van der Waals surface area contributed by atoms with Crippen LogP contribution < -0.4 is 10.6 Å². The van der Waals surface area contributed by atoms with Crippen molar-refractivity contribution in [3.8, 4) is 0 Å². The highest BCUT2D eigenvalue weighted by Gasteiger charge is 2.08. The minimum atomic E-state index is 0.558. The number of nitrogens with two attached hydrogens (primary N) is 1. The molecule has 0 radical (unpaired) electrons. The first kappa shape index (κ1) is 10.7. The van der Waals surface area contributed by atoms with Gasteiger partial charge in [-0.3, -0.25) is 0 Å². The molecule has 2 rings (SSSR count). The molecule has 0 unspecified atom stereocenters. The van der Waals surface area contributed by atoms with Gasteiger partial charge < -0.3 is 15.2 Å². The number of rotatable bonds is 3. The average Bonchev–Trinajstić information content (AvgIpc) is 2.74. The molecule has 1 heterocycles. The summed E-state index contributed by atoms with van der Waals surface area (Å²) in [5, 5.41) is 0. The van der Waals surface area contributed by atoms with Crippen molar-refractivity contribution in [1.82, 2.24) is 9.55 Å². The van der Waals surface area contributed by atoms with Crippen molar-refractivity contribution in [3.63, 3.8) is 0 Å². The molecule has 1 aromatic carbocycles. The van der Waals surface area contributed by atoms with Crippen molar-refractivity contribution >= 4 is 11.6 Å². The molecule has 2 N–H and O–H groups in total. The first-order valence-electron chi connectivity index (χ1n) is 5.22. The first-order valence-corrected chi connectivity index (χ1v) is 5.22. The van der Waals surface area contributed by atoms with Gasteiger partial charge in [-0.25, -0.2) is 4.98 Å². The van der Waals surface area contributed by atoms with Crippen molar-refractivity contribution < 1.29 is 0 Å². The molecular weight excluding hydrogens is 200 g/mol. The fraction of sp³-hybridized carbons (Fsp3) is 0.250. The average molecular weight is 216 g/mol. The highest BCUT2D eigenvalue weighted by molar-refractivity contribution is 5.57. The second kappa shape index (κ2) is 4.37. The van der Waals surface area contributed by atoms with Crippen LogP contribution in [0.3, 0.4) is 0 Å². The standard InChI is InChI=1S/C12H16N4/c1-15-7-6-14-12(15)16(2)11-5-3-4-10(8-11)9-13/h3-8H,9,13H2,1-2H3. The van der Waals surface area contributed by atoms with Crippen molar-refractivity contribution in [2.45, 2.75) is 6.54 Å². The zero-order valence-electron chi connectivity index (χ0n) is 9.59. The molecule has 1 aromatic heterocycles. The van der Waals surface area contributed by atoms with Gasteiger partial charge in [-0.1, -0.05) is 12.1 Å². The summed E-state index contributed by atoms with van der Waals surface area (Å²) in [7, 11) is 3.98. The lowest BCUT2D eigenvalue weighted by atomic mass is 10.2. The first-order chi connectivity index (χ1) is 7.72. The van der Waals surface area contributed by atoms with E-state index >= 15 is 0 Å². The molecule has 0 amide bonds. The molecule has 2 aromatic rings. The number of hydrogen-bond acceptors (Lipinski definition) is 3. The summed E-state index contributed by atoms with van der Waals surface area (Å²) in [5.74, 6) is 0.911. The maximum absolute atomic E-state index is 5.63. The van der Waals surface area contributed by atoms with Crippen LogP contribution >= 0.6 is 0 Å². The van der Waals surface area contributed by atoms with Crippen LogP contribution in [0.1, 0.15) is 5.56 Å². The van der Waals surface area contributed by atoms with Crippen LogP contribution in [0.5, 0.6) is 0 Å². The van der Waals surface area contributed by atoms with Gasteiger partial charge in [0.2, 0.25) is 5.95 Å². The van der Waals surface area contributed by atoms with Crippen molar-refractivity contribution in [3.05, 3.63) is 42.2 Å². The smallest absolute Gasteiger partial charge is 0.209 e. The van der Waals surface area contributed by atoms with E-state index in [9.17, 15) is 0 Å². The van der Waals surface area contributed by atoms with Crippen LogP contribution in [0.25, 0.3) is 0 Å². The molecule has 0 aliphatic heterocycles. The topological polar surface area (TPSA) is 47.1 Å². The van der Waals surface area contributed by atoms with E-state index in [1.807, 2.05) is 48.0 Å². The molecule has 4 nitrogen and oxygen atoms in total. The van der Waals surface area contributed by atoms with Crippen LogP contribution in [0.4, 0.5) is 11.6 Å². The Balaban J connectivity index is 2.33. The number of anilines is 2. The van der Waals surface area contributed by atoms with Crippen molar-refractivity contribution in [1.29, 1.82) is 0 Å². The summed E-state index contributed by atoms with van der Waals surface area (Å²) in [6.07, 6.45) is 3.72. The van der Waals surface area contributed by atoms with E-state index in [1.165, 1.54) is 0 Å². The Morgan fingerprint density at radius 2 is 2.25 bits per heavy atom. The summed E-state index contributed by atoms with van der Waals surface area (Å²) in [5.41, 5.74) is 7.85. The Hall–Kier alpha value is -1.81. The van der Waals surface area contributed by atoms with Gasteiger partial charge in [0.15, 0.2) is 0 Å². The van der Waals surface area contributed by atoms with Crippen LogP contribution in [0.2, 0.25) is 0 Å². The van der Waals surface area contributed by atoms with E-state index < -0.39 is 0 Å². The molecule has 4 heteroatoms. The number of benzene rings is 1. The van der Waals surface area contributed by atoms with Crippen LogP contribution in [-0.2, 0) is 13.6 Å². The predicted molar refractivity (Wildman–Crippen MR) is 65.6 cm³/mol. The third kappa shape index (κ3) is 1.92. The van der Waals surface area contributed by atoms with Crippen molar-refractivity contribution in [2.75, 3.05) is 11.9 Å². The lowest BCUT2D eigenvalue weighted by Crippen LogP contribution is -2.14. The van der Waals surface area contributed by atoms with Gasteiger partial charge in [-0.2, -0.15) is 0 Å². The van der Waals surface area contributed by atoms with E-state index in [0.717, 1.165) is 17.2 Å². The largest absolute Gasteiger partial charge is 0.326 e. The van der Waals surface area contributed by atoms with Crippen molar-refractivity contribution in [2.24, 2.45) is 12.8 Å². The number of aromatic nitrogens is 2. The Morgan fingerprint density at radius 3 is 2.88 bits per heavy atom. The fourth-order valence-corrected chi connectivity index (χ4v) is 1.69. The number of imidazole rings is 1. The molecule has 0 aliphatic rings. The maximum Gasteiger partial charge on any atom is 0.209 e. The van der Waals surface area contributed by atoms with Crippen LogP contribution in [0, 0.1) is 0 Å². The Kier molecular flexibility index (Phi) is 2.92. The third-order valence-electron chi connectivity index (χ3n) is 2.63. The Bertz CT molecular complexity index is 475. The van der Waals surface area contributed by atoms with Gasteiger partial charge in [-0.15, -0.1) is 0 Å². The molecule has 0 atom stereocenters. The molecule has 0 spiro atoms. The minimum absolute atomic E-state index is 0.558. The lowest BCUT2D eigenvalue weighted by molar-refractivity contribution is 0.883. The molecular formula is C12H16N4. The SMILES string of the molecule is CN(c1cccc(CN)c1)c1nccn1C. The normalized spacial score (nSPS) is 10.4.